The van der Waals surface area contributed by atoms with Crippen molar-refractivity contribution < 1.29 is 15.0 Å². The van der Waals surface area contributed by atoms with Crippen LogP contribution in [0.25, 0.3) is 28.1 Å². The van der Waals surface area contributed by atoms with Crippen LogP contribution in [0.15, 0.2) is 85.2 Å². The van der Waals surface area contributed by atoms with E-state index >= 15 is 0 Å². The van der Waals surface area contributed by atoms with Gasteiger partial charge >= 0.3 is 5.97 Å². The summed E-state index contributed by atoms with van der Waals surface area (Å²) < 4.78 is 0. The molecule has 0 saturated carbocycles. The molecule has 8 heteroatoms. The van der Waals surface area contributed by atoms with Crippen LogP contribution >= 0.6 is 0 Å². The SMILES string of the molecule is Cc1ccccc1CCN1CCN(c2cnc(-c3ccc(-c4ccc(C(=O)O)c(C5=CCN(CCO)CC5)c4)cc3)nc2)CC1. The highest BCUT2D eigenvalue weighted by Crippen LogP contribution is 2.31. The number of aliphatic hydroxyl groups excluding tert-OH is 1. The first-order chi connectivity index (χ1) is 22.0. The molecule has 0 atom stereocenters. The van der Waals surface area contributed by atoms with E-state index in [4.69, 9.17) is 9.97 Å². The minimum absolute atomic E-state index is 0.122. The van der Waals surface area contributed by atoms with Crippen LogP contribution in [-0.2, 0) is 6.42 Å². The summed E-state index contributed by atoms with van der Waals surface area (Å²) in [7, 11) is 0. The molecule has 0 amide bonds. The third-order valence-electron chi connectivity index (χ3n) is 9.12. The van der Waals surface area contributed by atoms with Crippen molar-refractivity contribution in [3.05, 3.63) is 107 Å². The molecule has 2 aliphatic heterocycles. The van der Waals surface area contributed by atoms with Crippen molar-refractivity contribution in [2.45, 2.75) is 19.8 Å². The van der Waals surface area contributed by atoms with Crippen molar-refractivity contribution in [3.63, 3.8) is 0 Å². The summed E-state index contributed by atoms with van der Waals surface area (Å²) >= 11 is 0. The summed E-state index contributed by atoms with van der Waals surface area (Å²) in [5, 5.41) is 19.1. The lowest BCUT2D eigenvalue weighted by atomic mass is 9.91. The van der Waals surface area contributed by atoms with Gasteiger partial charge in [-0.2, -0.15) is 0 Å². The lowest BCUT2D eigenvalue weighted by Gasteiger charge is -2.35. The van der Waals surface area contributed by atoms with Crippen molar-refractivity contribution in [1.29, 1.82) is 0 Å². The van der Waals surface area contributed by atoms with Gasteiger partial charge in [-0.1, -0.05) is 60.7 Å². The van der Waals surface area contributed by atoms with Crippen LogP contribution in [0.4, 0.5) is 5.69 Å². The first-order valence-corrected chi connectivity index (χ1v) is 15.8. The second-order valence-electron chi connectivity index (χ2n) is 11.9. The van der Waals surface area contributed by atoms with Crippen molar-refractivity contribution in [2.75, 3.05) is 63.9 Å². The number of benzene rings is 3. The zero-order valence-electron chi connectivity index (χ0n) is 25.9. The number of piperazine rings is 1. The van der Waals surface area contributed by atoms with Gasteiger partial charge in [-0.15, -0.1) is 0 Å². The van der Waals surface area contributed by atoms with Gasteiger partial charge < -0.3 is 15.1 Å². The lowest BCUT2D eigenvalue weighted by molar-refractivity contribution is 0.0696. The molecule has 3 heterocycles. The Balaban J connectivity index is 1.09. The Morgan fingerprint density at radius 3 is 2.20 bits per heavy atom. The Morgan fingerprint density at radius 2 is 1.53 bits per heavy atom. The normalized spacial score (nSPS) is 16.0. The van der Waals surface area contributed by atoms with Gasteiger partial charge in [0.15, 0.2) is 5.82 Å². The standard InChI is InChI=1S/C37H41N5O3/c1-27-4-2-3-5-28(27)12-15-41-18-20-42(21-19-41)33-25-38-36(39-26-33)31-8-6-29(7-9-31)32-10-11-34(37(44)45)35(24-32)30-13-16-40(17-14-30)22-23-43/h2-11,13,24-26,43H,12,14-23H2,1H3,(H,44,45). The number of aliphatic hydroxyl groups is 1. The Morgan fingerprint density at radius 1 is 0.822 bits per heavy atom. The summed E-state index contributed by atoms with van der Waals surface area (Å²) in [4.78, 5) is 28.5. The summed E-state index contributed by atoms with van der Waals surface area (Å²) in [5.41, 5.74) is 8.88. The van der Waals surface area contributed by atoms with E-state index in [0.29, 0.717) is 24.5 Å². The molecule has 8 nitrogen and oxygen atoms in total. The maximum absolute atomic E-state index is 12.0. The first kappa shape index (κ1) is 30.6. The molecule has 1 aromatic heterocycles. The Kier molecular flexibility index (Phi) is 9.64. The highest BCUT2D eigenvalue weighted by Gasteiger charge is 2.20. The number of hydrogen-bond acceptors (Lipinski definition) is 7. The van der Waals surface area contributed by atoms with Gasteiger partial charge in [-0.25, -0.2) is 14.8 Å². The van der Waals surface area contributed by atoms with Gasteiger partial charge in [0.1, 0.15) is 0 Å². The van der Waals surface area contributed by atoms with Crippen LogP contribution in [0.5, 0.6) is 0 Å². The van der Waals surface area contributed by atoms with Gasteiger partial charge in [0.2, 0.25) is 0 Å². The molecule has 2 N–H and O–H groups in total. The monoisotopic (exact) mass is 603 g/mol. The van der Waals surface area contributed by atoms with Gasteiger partial charge in [0, 0.05) is 57.9 Å². The van der Waals surface area contributed by atoms with E-state index in [1.54, 1.807) is 6.07 Å². The number of hydrogen-bond donors (Lipinski definition) is 2. The van der Waals surface area contributed by atoms with E-state index in [-0.39, 0.29) is 6.61 Å². The molecule has 3 aromatic carbocycles. The number of aromatic carboxylic acids is 1. The molecular weight excluding hydrogens is 562 g/mol. The van der Waals surface area contributed by atoms with Crippen LogP contribution in [0.2, 0.25) is 0 Å². The third-order valence-corrected chi connectivity index (χ3v) is 9.12. The molecule has 232 valence electrons. The van der Waals surface area contributed by atoms with Crippen molar-refractivity contribution >= 4 is 17.2 Å². The van der Waals surface area contributed by atoms with E-state index in [1.165, 1.54) is 11.1 Å². The number of carboxylic acid groups (broad SMARTS) is 1. The van der Waals surface area contributed by atoms with E-state index in [9.17, 15) is 15.0 Å². The number of carbonyl (C=O) groups is 1. The topological polar surface area (TPSA) is 93.0 Å². The summed E-state index contributed by atoms with van der Waals surface area (Å²) in [6, 6.07) is 22.3. The second-order valence-corrected chi connectivity index (χ2v) is 11.9. The van der Waals surface area contributed by atoms with Crippen LogP contribution in [-0.4, -0.2) is 94.9 Å². The highest BCUT2D eigenvalue weighted by molar-refractivity contribution is 5.95. The summed E-state index contributed by atoms with van der Waals surface area (Å²) in [5.74, 6) is -0.241. The Labute approximate surface area is 265 Å². The maximum Gasteiger partial charge on any atom is 0.336 e. The van der Waals surface area contributed by atoms with Crippen LogP contribution in [0.1, 0.15) is 33.5 Å². The lowest BCUT2D eigenvalue weighted by Crippen LogP contribution is -2.47. The predicted octanol–water partition coefficient (Wildman–Crippen LogP) is 5.26. The number of carboxylic acids is 1. The fourth-order valence-electron chi connectivity index (χ4n) is 6.32. The Hall–Kier alpha value is -4.37. The quantitative estimate of drug-likeness (QED) is 0.254. The van der Waals surface area contributed by atoms with Gasteiger partial charge in [-0.05, 0) is 65.3 Å². The minimum atomic E-state index is -0.925. The van der Waals surface area contributed by atoms with Gasteiger partial charge in [0.05, 0.1) is 30.3 Å². The molecule has 2 aliphatic rings. The average Bonchev–Trinajstić information content (AvgIpc) is 3.08. The summed E-state index contributed by atoms with van der Waals surface area (Å²) in [6.45, 7) is 9.51. The van der Waals surface area contributed by atoms with E-state index in [0.717, 1.165) is 85.6 Å². The predicted molar refractivity (Wildman–Crippen MR) is 180 cm³/mol. The smallest absolute Gasteiger partial charge is 0.336 e. The number of β-amino-alcohol motifs (C(OH)–C–C–N with tert-alkyl or cyclic N) is 1. The zero-order chi connectivity index (χ0) is 31.2. The largest absolute Gasteiger partial charge is 0.478 e. The van der Waals surface area contributed by atoms with Gasteiger partial charge in [0.25, 0.3) is 0 Å². The van der Waals surface area contributed by atoms with E-state index in [2.05, 4.69) is 52.0 Å². The number of aryl methyl sites for hydroxylation is 1. The fourth-order valence-corrected chi connectivity index (χ4v) is 6.32. The molecule has 1 saturated heterocycles. The fraction of sp³-hybridized carbons (Fsp3) is 0.324. The number of rotatable bonds is 10. The molecule has 0 bridgehead atoms. The molecule has 0 unspecified atom stereocenters. The Bertz CT molecular complexity index is 1640. The van der Waals surface area contributed by atoms with Crippen molar-refractivity contribution in [2.24, 2.45) is 0 Å². The maximum atomic E-state index is 12.0. The first-order valence-electron chi connectivity index (χ1n) is 15.8. The van der Waals surface area contributed by atoms with Crippen LogP contribution in [0.3, 0.4) is 0 Å². The zero-order valence-corrected chi connectivity index (χ0v) is 25.9. The van der Waals surface area contributed by atoms with Crippen molar-refractivity contribution in [1.82, 2.24) is 19.8 Å². The van der Waals surface area contributed by atoms with E-state index in [1.807, 2.05) is 48.8 Å². The van der Waals surface area contributed by atoms with Crippen molar-refractivity contribution in [3.8, 4) is 22.5 Å². The van der Waals surface area contributed by atoms with Gasteiger partial charge in [-0.3, -0.25) is 9.80 Å². The number of nitrogens with zero attached hydrogens (tertiary/aromatic N) is 5. The minimum Gasteiger partial charge on any atom is -0.478 e. The molecule has 0 spiro atoms. The number of anilines is 1. The average molecular weight is 604 g/mol. The second kappa shape index (κ2) is 14.2. The molecule has 1 fully saturated rings. The molecule has 0 radical (unpaired) electrons. The molecule has 45 heavy (non-hydrogen) atoms. The molecule has 0 aliphatic carbocycles. The van der Waals surface area contributed by atoms with E-state index < -0.39 is 5.97 Å². The molecular formula is C37H41N5O3. The number of aromatic nitrogens is 2. The molecule has 4 aromatic rings. The van der Waals surface area contributed by atoms with Crippen LogP contribution in [0, 0.1) is 6.92 Å². The molecule has 6 rings (SSSR count). The summed E-state index contributed by atoms with van der Waals surface area (Å²) in [6.07, 6.45) is 7.77. The highest BCUT2D eigenvalue weighted by atomic mass is 16.4. The van der Waals surface area contributed by atoms with Crippen LogP contribution < -0.4 is 4.90 Å². The third kappa shape index (κ3) is 7.31.